The Morgan fingerprint density at radius 3 is 2.77 bits per heavy atom. The molecule has 5 aromatic rings. The van der Waals surface area contributed by atoms with Gasteiger partial charge in [0.1, 0.15) is 23.6 Å². The van der Waals surface area contributed by atoms with E-state index in [2.05, 4.69) is 30.5 Å². The Bertz CT molecular complexity index is 1420. The Morgan fingerprint density at radius 1 is 1.13 bits per heavy atom. The lowest BCUT2D eigenvalue weighted by Gasteiger charge is -2.04. The molecule has 148 valence electrons. The maximum Gasteiger partial charge on any atom is 0.262 e. The molecule has 0 saturated heterocycles. The molecule has 1 N–H and O–H groups in total. The van der Waals surface area contributed by atoms with E-state index in [0.717, 1.165) is 5.69 Å². The summed E-state index contributed by atoms with van der Waals surface area (Å²) in [5.74, 6) is 0.427. The predicted octanol–water partition coefficient (Wildman–Crippen LogP) is 2.26. The molecule has 0 aliphatic rings. The zero-order chi connectivity index (χ0) is 20.7. The second-order valence-electron chi connectivity index (χ2n) is 6.75. The number of H-pyrrole nitrogens is 1. The van der Waals surface area contributed by atoms with Crippen LogP contribution in [0.5, 0.6) is 0 Å². The molecule has 0 bridgehead atoms. The molecule has 0 aliphatic heterocycles. The number of nitrogens with one attached hydrogen (secondary N) is 1. The van der Waals surface area contributed by atoms with Gasteiger partial charge < -0.3 is 4.98 Å². The zero-order valence-corrected chi connectivity index (χ0v) is 15.8. The van der Waals surface area contributed by atoms with Gasteiger partial charge in [0.25, 0.3) is 5.56 Å². The van der Waals surface area contributed by atoms with Crippen molar-refractivity contribution in [2.45, 2.75) is 13.5 Å². The number of para-hydroxylation sites is 1. The highest BCUT2D eigenvalue weighted by molar-refractivity contribution is 5.75. The van der Waals surface area contributed by atoms with Gasteiger partial charge in [0, 0.05) is 5.56 Å². The lowest BCUT2D eigenvalue weighted by atomic mass is 10.1. The summed E-state index contributed by atoms with van der Waals surface area (Å²) in [6.45, 7) is 1.78. The number of aromatic amines is 1. The number of aromatic nitrogens is 8. The highest BCUT2D eigenvalue weighted by atomic mass is 19.1. The molecule has 2 aromatic carbocycles. The fourth-order valence-corrected chi connectivity index (χ4v) is 3.14. The maximum absolute atomic E-state index is 13.5. The summed E-state index contributed by atoms with van der Waals surface area (Å²) in [6, 6.07) is 14.0. The summed E-state index contributed by atoms with van der Waals surface area (Å²) in [6.07, 6.45) is 1.49. The van der Waals surface area contributed by atoms with Crippen molar-refractivity contribution in [3.63, 3.8) is 0 Å². The lowest BCUT2D eigenvalue weighted by Crippen LogP contribution is -2.16. The second kappa shape index (κ2) is 6.99. The average Bonchev–Trinajstić information content (AvgIpc) is 3.38. The maximum atomic E-state index is 13.5. The van der Waals surface area contributed by atoms with Crippen LogP contribution in [0.1, 0.15) is 11.4 Å². The van der Waals surface area contributed by atoms with E-state index >= 15 is 0 Å². The predicted molar refractivity (Wildman–Crippen MR) is 107 cm³/mol. The van der Waals surface area contributed by atoms with Crippen LogP contribution in [-0.2, 0) is 6.54 Å². The minimum Gasteiger partial charge on any atom is -0.308 e. The fraction of sp³-hybridized carbons (Fsp3) is 0.100. The third-order valence-electron chi connectivity index (χ3n) is 4.65. The average molecular weight is 402 g/mol. The fourth-order valence-electron chi connectivity index (χ4n) is 3.14. The van der Waals surface area contributed by atoms with Crippen LogP contribution in [0.15, 0.2) is 59.5 Å². The van der Waals surface area contributed by atoms with Crippen LogP contribution in [0.2, 0.25) is 0 Å². The lowest BCUT2D eigenvalue weighted by molar-refractivity contribution is 0.554. The van der Waals surface area contributed by atoms with Crippen molar-refractivity contribution in [2.24, 2.45) is 0 Å². The van der Waals surface area contributed by atoms with Gasteiger partial charge in [0.05, 0.1) is 11.9 Å². The molecular weight excluding hydrogens is 387 g/mol. The van der Waals surface area contributed by atoms with Crippen molar-refractivity contribution in [1.29, 1.82) is 0 Å². The smallest absolute Gasteiger partial charge is 0.262 e. The highest BCUT2D eigenvalue weighted by Gasteiger charge is 2.13. The van der Waals surface area contributed by atoms with Gasteiger partial charge in [-0.15, -0.1) is 10.2 Å². The van der Waals surface area contributed by atoms with Crippen molar-refractivity contribution in [1.82, 2.24) is 40.0 Å². The van der Waals surface area contributed by atoms with Crippen molar-refractivity contribution in [3.05, 3.63) is 82.3 Å². The van der Waals surface area contributed by atoms with Gasteiger partial charge in [-0.2, -0.15) is 9.90 Å². The first kappa shape index (κ1) is 17.9. The van der Waals surface area contributed by atoms with Crippen LogP contribution < -0.4 is 5.56 Å². The Morgan fingerprint density at radius 2 is 1.97 bits per heavy atom. The summed E-state index contributed by atoms with van der Waals surface area (Å²) >= 11 is 0. The minimum atomic E-state index is -0.299. The number of hydrogen-bond acceptors (Lipinski definition) is 6. The summed E-state index contributed by atoms with van der Waals surface area (Å²) in [5.41, 5.74) is 2.08. The molecule has 0 amide bonds. The first-order valence-electron chi connectivity index (χ1n) is 9.15. The Labute approximate surface area is 168 Å². The highest BCUT2D eigenvalue weighted by Crippen LogP contribution is 2.18. The van der Waals surface area contributed by atoms with Gasteiger partial charge in [-0.3, -0.25) is 4.79 Å². The van der Waals surface area contributed by atoms with E-state index < -0.39 is 0 Å². The molecule has 0 unspecified atom stereocenters. The molecule has 5 rings (SSSR count). The molecule has 0 aliphatic carbocycles. The SMILES string of the molecule is Cc1cc(-c2nnn(Cc3nc4c(cnn4-c4ccccc4)c(=O)[nH]3)n2)ccc1F. The van der Waals surface area contributed by atoms with Crippen LogP contribution in [0.25, 0.3) is 28.1 Å². The zero-order valence-electron chi connectivity index (χ0n) is 15.8. The molecular formula is C20H15FN8O. The third kappa shape index (κ3) is 3.13. The number of benzene rings is 2. The molecule has 3 heterocycles. The van der Waals surface area contributed by atoms with Gasteiger partial charge in [-0.25, -0.2) is 14.1 Å². The molecule has 0 spiro atoms. The van der Waals surface area contributed by atoms with Crippen LogP contribution >= 0.6 is 0 Å². The number of hydrogen-bond donors (Lipinski definition) is 1. The molecule has 30 heavy (non-hydrogen) atoms. The summed E-state index contributed by atoms with van der Waals surface area (Å²) in [4.78, 5) is 21.1. The molecule has 9 nitrogen and oxygen atoms in total. The molecule has 0 radical (unpaired) electrons. The van der Waals surface area contributed by atoms with Crippen LogP contribution in [0.3, 0.4) is 0 Å². The van der Waals surface area contributed by atoms with E-state index in [-0.39, 0.29) is 17.9 Å². The molecule has 0 atom stereocenters. The van der Waals surface area contributed by atoms with E-state index in [0.29, 0.717) is 33.8 Å². The Balaban J connectivity index is 1.49. The van der Waals surface area contributed by atoms with E-state index in [4.69, 9.17) is 0 Å². The minimum absolute atomic E-state index is 0.109. The van der Waals surface area contributed by atoms with E-state index in [1.54, 1.807) is 23.7 Å². The Hall–Kier alpha value is -4.21. The van der Waals surface area contributed by atoms with Crippen LogP contribution in [0.4, 0.5) is 4.39 Å². The van der Waals surface area contributed by atoms with Gasteiger partial charge in [0.15, 0.2) is 5.65 Å². The molecule has 10 heteroatoms. The van der Waals surface area contributed by atoms with E-state index in [9.17, 15) is 9.18 Å². The summed E-state index contributed by atoms with van der Waals surface area (Å²) < 4.78 is 15.1. The number of aryl methyl sites for hydroxylation is 1. The second-order valence-corrected chi connectivity index (χ2v) is 6.75. The Kier molecular flexibility index (Phi) is 4.16. The first-order chi connectivity index (χ1) is 14.6. The van der Waals surface area contributed by atoms with Gasteiger partial charge in [-0.1, -0.05) is 18.2 Å². The number of halogens is 1. The van der Waals surface area contributed by atoms with Crippen molar-refractivity contribution >= 4 is 11.0 Å². The summed E-state index contributed by atoms with van der Waals surface area (Å²) in [5, 5.41) is 17.0. The van der Waals surface area contributed by atoms with Gasteiger partial charge in [0.2, 0.25) is 5.82 Å². The monoisotopic (exact) mass is 402 g/mol. The van der Waals surface area contributed by atoms with Gasteiger partial charge in [-0.05, 0) is 48.0 Å². The quantitative estimate of drug-likeness (QED) is 0.494. The van der Waals surface area contributed by atoms with Crippen LogP contribution in [-0.4, -0.2) is 40.0 Å². The van der Waals surface area contributed by atoms with Crippen molar-refractivity contribution < 1.29 is 4.39 Å². The number of rotatable bonds is 4. The summed E-state index contributed by atoms with van der Waals surface area (Å²) in [7, 11) is 0. The number of nitrogens with zero attached hydrogens (tertiary/aromatic N) is 7. The molecule has 0 fully saturated rings. The topological polar surface area (TPSA) is 107 Å². The van der Waals surface area contributed by atoms with Crippen LogP contribution in [0, 0.1) is 12.7 Å². The largest absolute Gasteiger partial charge is 0.308 e. The van der Waals surface area contributed by atoms with Gasteiger partial charge >= 0.3 is 0 Å². The number of fused-ring (bicyclic) bond motifs is 1. The first-order valence-corrected chi connectivity index (χ1v) is 9.15. The molecule has 0 saturated carbocycles. The van der Waals surface area contributed by atoms with E-state index in [1.165, 1.54) is 17.1 Å². The molecule has 3 aromatic heterocycles. The standard InChI is InChI=1S/C20H15FN8O/c1-12-9-13(7-8-16(12)21)18-25-27-28(26-18)11-17-23-19-15(20(30)24-17)10-22-29(19)14-5-3-2-4-6-14/h2-10H,11H2,1H3,(H,23,24,30). The number of tetrazole rings is 1. The van der Waals surface area contributed by atoms with Crippen molar-refractivity contribution in [3.8, 4) is 17.1 Å². The van der Waals surface area contributed by atoms with E-state index in [1.807, 2.05) is 30.3 Å². The normalized spacial score (nSPS) is 11.3. The third-order valence-corrected chi connectivity index (χ3v) is 4.65. The van der Waals surface area contributed by atoms with Crippen molar-refractivity contribution in [2.75, 3.05) is 0 Å².